The van der Waals surface area contributed by atoms with E-state index < -0.39 is 21.8 Å². The second kappa shape index (κ2) is 9.77. The lowest BCUT2D eigenvalue weighted by Gasteiger charge is -2.23. The molecule has 2 atom stereocenters. The van der Waals surface area contributed by atoms with Crippen molar-refractivity contribution in [3.63, 3.8) is 0 Å². The third-order valence-electron chi connectivity index (χ3n) is 4.73. The van der Waals surface area contributed by atoms with Gasteiger partial charge in [-0.2, -0.15) is 0 Å². The van der Waals surface area contributed by atoms with Gasteiger partial charge in [0, 0.05) is 4.90 Å². The first kappa shape index (κ1) is 21.8. The summed E-state index contributed by atoms with van der Waals surface area (Å²) >= 11 is 15.0. The van der Waals surface area contributed by atoms with Gasteiger partial charge in [-0.05, 0) is 23.3 Å². The van der Waals surface area contributed by atoms with Gasteiger partial charge < -0.3 is 9.47 Å². The highest BCUT2D eigenvalue weighted by atomic mass is 35.5. The number of hydrogen-bond acceptors (Lipinski definition) is 4. The van der Waals surface area contributed by atoms with Crippen LogP contribution in [-0.4, -0.2) is 21.8 Å². The van der Waals surface area contributed by atoms with Crippen molar-refractivity contribution in [1.29, 1.82) is 0 Å². The van der Waals surface area contributed by atoms with E-state index in [-0.39, 0.29) is 12.5 Å². The lowest BCUT2D eigenvalue weighted by Crippen LogP contribution is -2.28. The van der Waals surface area contributed by atoms with Crippen molar-refractivity contribution in [2.24, 2.45) is 4.99 Å². The first-order chi connectivity index (χ1) is 15.0. The molecule has 1 aliphatic rings. The molecule has 0 unspecified atom stereocenters. The Balaban J connectivity index is 1.57. The predicted molar refractivity (Wildman–Crippen MR) is 125 cm³/mol. The third-order valence-corrected chi connectivity index (χ3v) is 6.67. The zero-order valence-electron chi connectivity index (χ0n) is 16.4. The van der Waals surface area contributed by atoms with Crippen molar-refractivity contribution in [2.75, 3.05) is 0 Å². The fraction of sp³-hybridized carbons (Fsp3) is 0.167. The highest BCUT2D eigenvalue weighted by Gasteiger charge is 2.55. The largest absolute Gasteiger partial charge is 0.463 e. The molecule has 31 heavy (non-hydrogen) atoms. The van der Waals surface area contributed by atoms with Crippen LogP contribution in [0.5, 0.6) is 0 Å². The molecule has 3 aromatic rings. The van der Waals surface area contributed by atoms with Crippen LogP contribution in [0.3, 0.4) is 0 Å². The van der Waals surface area contributed by atoms with Crippen molar-refractivity contribution in [3.05, 3.63) is 102 Å². The van der Waals surface area contributed by atoms with E-state index in [1.807, 2.05) is 91.0 Å². The molecule has 4 nitrogen and oxygen atoms in total. The normalized spacial score (nSPS) is 20.9. The minimum atomic E-state index is -1.53. The summed E-state index contributed by atoms with van der Waals surface area (Å²) in [5, 5.41) is 0. The number of aliphatic imine (C=N–C) groups is 1. The van der Waals surface area contributed by atoms with E-state index in [1.165, 1.54) is 11.8 Å². The Morgan fingerprint density at radius 2 is 1.52 bits per heavy atom. The van der Waals surface area contributed by atoms with Crippen LogP contribution in [0.15, 0.2) is 101 Å². The summed E-state index contributed by atoms with van der Waals surface area (Å²) < 4.78 is 9.74. The van der Waals surface area contributed by atoms with Crippen LogP contribution in [-0.2, 0) is 16.1 Å². The Morgan fingerprint density at radius 1 is 0.935 bits per heavy atom. The number of benzene rings is 3. The van der Waals surface area contributed by atoms with Crippen LogP contribution in [0.2, 0.25) is 0 Å². The Hall–Kier alpha value is -2.47. The SMILES string of the molecule is O=C(/N=C1\O[C@H](Sc2ccccc2)[C@@H](c2ccccc2)C1(Cl)Cl)OCc1ccccc1. The zero-order chi connectivity index (χ0) is 21.7. The summed E-state index contributed by atoms with van der Waals surface area (Å²) in [6.07, 6.45) is -0.804. The second-order valence-corrected chi connectivity index (χ2v) is 9.44. The molecule has 3 aromatic carbocycles. The van der Waals surface area contributed by atoms with E-state index in [9.17, 15) is 4.79 Å². The van der Waals surface area contributed by atoms with Crippen LogP contribution >= 0.6 is 35.0 Å². The Bertz CT molecular complexity index is 1050. The number of carbonyl (C=O) groups excluding carboxylic acids is 1. The number of hydrogen-bond donors (Lipinski definition) is 0. The van der Waals surface area contributed by atoms with Crippen LogP contribution in [0, 0.1) is 0 Å². The summed E-state index contributed by atoms with van der Waals surface area (Å²) in [5.74, 6) is -0.501. The third kappa shape index (κ3) is 5.24. The number of carbonyl (C=O) groups is 1. The number of nitrogens with zero attached hydrogens (tertiary/aromatic N) is 1. The van der Waals surface area contributed by atoms with E-state index in [4.69, 9.17) is 32.7 Å². The van der Waals surface area contributed by atoms with Crippen molar-refractivity contribution in [1.82, 2.24) is 0 Å². The monoisotopic (exact) mass is 471 g/mol. The van der Waals surface area contributed by atoms with Gasteiger partial charge in [-0.15, -0.1) is 4.99 Å². The van der Waals surface area contributed by atoms with E-state index in [0.717, 1.165) is 16.0 Å². The van der Waals surface area contributed by atoms with Gasteiger partial charge in [0.1, 0.15) is 6.61 Å². The first-order valence-electron chi connectivity index (χ1n) is 9.65. The highest BCUT2D eigenvalue weighted by molar-refractivity contribution is 7.99. The highest BCUT2D eigenvalue weighted by Crippen LogP contribution is 2.52. The molecule has 0 aliphatic carbocycles. The van der Waals surface area contributed by atoms with E-state index >= 15 is 0 Å². The quantitative estimate of drug-likeness (QED) is 0.382. The lowest BCUT2D eigenvalue weighted by molar-refractivity contribution is 0.149. The van der Waals surface area contributed by atoms with E-state index in [0.29, 0.717) is 0 Å². The molecule has 4 rings (SSSR count). The van der Waals surface area contributed by atoms with Crippen molar-refractivity contribution in [3.8, 4) is 0 Å². The number of rotatable bonds is 5. The van der Waals surface area contributed by atoms with Gasteiger partial charge in [-0.25, -0.2) is 4.79 Å². The molecule has 7 heteroatoms. The van der Waals surface area contributed by atoms with Crippen molar-refractivity contribution < 1.29 is 14.3 Å². The van der Waals surface area contributed by atoms with Gasteiger partial charge in [0.2, 0.25) is 10.2 Å². The molecular weight excluding hydrogens is 453 g/mol. The fourth-order valence-electron chi connectivity index (χ4n) is 3.25. The van der Waals surface area contributed by atoms with E-state index in [1.54, 1.807) is 0 Å². The zero-order valence-corrected chi connectivity index (χ0v) is 18.7. The maximum Gasteiger partial charge on any atom is 0.437 e. The summed E-state index contributed by atoms with van der Waals surface area (Å²) in [5.41, 5.74) is 1.27. The molecule has 1 amide bonds. The van der Waals surface area contributed by atoms with Gasteiger partial charge in [0.05, 0.1) is 5.92 Å². The minimum Gasteiger partial charge on any atom is -0.463 e. The van der Waals surface area contributed by atoms with Crippen molar-refractivity contribution in [2.45, 2.75) is 27.2 Å². The smallest absolute Gasteiger partial charge is 0.437 e. The van der Waals surface area contributed by atoms with Crippen LogP contribution in [0.25, 0.3) is 0 Å². The predicted octanol–water partition coefficient (Wildman–Crippen LogP) is 6.83. The molecule has 0 spiro atoms. The Kier molecular flexibility index (Phi) is 6.86. The fourth-order valence-corrected chi connectivity index (χ4v) is 5.27. The summed E-state index contributed by atoms with van der Waals surface area (Å²) in [4.78, 5) is 17.3. The van der Waals surface area contributed by atoms with Crippen LogP contribution < -0.4 is 0 Å². The van der Waals surface area contributed by atoms with Gasteiger partial charge in [-0.3, -0.25) is 0 Å². The Labute approximate surface area is 195 Å². The number of amides is 1. The maximum atomic E-state index is 12.4. The molecule has 0 radical (unpaired) electrons. The lowest BCUT2D eigenvalue weighted by atomic mass is 9.97. The molecule has 0 bridgehead atoms. The molecular formula is C24H19Cl2NO3S. The average molecular weight is 472 g/mol. The number of thioether (sulfide) groups is 1. The van der Waals surface area contributed by atoms with Gasteiger partial charge in [0.25, 0.3) is 0 Å². The number of ether oxygens (including phenoxy) is 2. The maximum absolute atomic E-state index is 12.4. The summed E-state index contributed by atoms with van der Waals surface area (Å²) in [7, 11) is 0. The Morgan fingerprint density at radius 3 is 2.16 bits per heavy atom. The minimum absolute atomic E-state index is 0.0591. The molecule has 1 saturated heterocycles. The van der Waals surface area contributed by atoms with Crippen LogP contribution in [0.1, 0.15) is 17.0 Å². The molecule has 158 valence electrons. The number of halogens is 2. The molecule has 1 heterocycles. The van der Waals surface area contributed by atoms with Crippen molar-refractivity contribution >= 4 is 47.0 Å². The van der Waals surface area contributed by atoms with E-state index in [2.05, 4.69) is 4.99 Å². The standard InChI is InChI=1S/C24H19Cl2NO3S/c25-24(26)20(18-12-6-2-7-13-18)21(31-19-14-8-3-9-15-19)30-22(24)27-23(28)29-16-17-10-4-1-5-11-17/h1-15,20-21H,16H2/b27-22-/t20-,21-/m1/s1. The molecule has 0 N–H and O–H groups in total. The second-order valence-electron chi connectivity index (χ2n) is 6.89. The molecule has 0 aromatic heterocycles. The van der Waals surface area contributed by atoms with Crippen LogP contribution in [0.4, 0.5) is 4.79 Å². The molecule has 0 saturated carbocycles. The molecule has 1 fully saturated rings. The first-order valence-corrected chi connectivity index (χ1v) is 11.3. The van der Waals surface area contributed by atoms with Gasteiger partial charge >= 0.3 is 6.09 Å². The topological polar surface area (TPSA) is 47.9 Å². The number of alkyl halides is 2. The summed E-state index contributed by atoms with van der Waals surface area (Å²) in [6, 6.07) is 28.7. The van der Waals surface area contributed by atoms with Gasteiger partial charge in [0.15, 0.2) is 5.44 Å². The summed E-state index contributed by atoms with van der Waals surface area (Å²) in [6.45, 7) is 0.0956. The average Bonchev–Trinajstić information content (AvgIpc) is 3.03. The molecule has 1 aliphatic heterocycles. The van der Waals surface area contributed by atoms with Gasteiger partial charge in [-0.1, -0.05) is 114 Å².